The summed E-state index contributed by atoms with van der Waals surface area (Å²) in [5.74, 6) is -0.711. The third-order valence-electron chi connectivity index (χ3n) is 4.27. The van der Waals surface area contributed by atoms with Crippen LogP contribution in [0.1, 0.15) is 23.8 Å². The molecule has 148 valence electrons. The Morgan fingerprint density at radius 2 is 2.07 bits per heavy atom. The van der Waals surface area contributed by atoms with Gasteiger partial charge in [0.05, 0.1) is 24.9 Å². The van der Waals surface area contributed by atoms with Crippen LogP contribution >= 0.6 is 11.3 Å². The van der Waals surface area contributed by atoms with Crippen molar-refractivity contribution in [1.82, 2.24) is 14.5 Å². The molecule has 0 atom stereocenters. The molecule has 0 aliphatic rings. The maximum Gasteiger partial charge on any atom is 0.325 e. The van der Waals surface area contributed by atoms with Crippen LogP contribution < -0.4 is 5.56 Å². The van der Waals surface area contributed by atoms with Crippen molar-refractivity contribution in [2.75, 3.05) is 33.4 Å². The Hall–Kier alpha value is -2.26. The maximum atomic E-state index is 12.7. The molecule has 27 heavy (non-hydrogen) atoms. The Balaban J connectivity index is 2.10. The number of aryl methyl sites for hydroxylation is 3. The van der Waals surface area contributed by atoms with E-state index in [0.29, 0.717) is 16.8 Å². The average Bonchev–Trinajstić information content (AvgIpc) is 2.93. The summed E-state index contributed by atoms with van der Waals surface area (Å²) < 4.78 is 11.4. The number of thiophene rings is 1. The predicted octanol–water partition coefficient (Wildman–Crippen LogP) is 1.50. The van der Waals surface area contributed by atoms with Gasteiger partial charge >= 0.3 is 5.97 Å². The molecule has 0 bridgehead atoms. The van der Waals surface area contributed by atoms with E-state index in [-0.39, 0.29) is 44.1 Å². The molecule has 2 rings (SSSR count). The van der Waals surface area contributed by atoms with Gasteiger partial charge in [0.15, 0.2) is 0 Å². The molecule has 0 unspecified atom stereocenters. The van der Waals surface area contributed by atoms with Crippen LogP contribution in [-0.4, -0.2) is 59.7 Å². The number of amides is 1. The van der Waals surface area contributed by atoms with Crippen LogP contribution in [0.25, 0.3) is 10.2 Å². The molecule has 0 saturated carbocycles. The van der Waals surface area contributed by atoms with Gasteiger partial charge in [-0.2, -0.15) is 0 Å². The molecule has 0 aromatic carbocycles. The molecule has 0 N–H and O–H groups in total. The number of hydrogen-bond donors (Lipinski definition) is 0. The van der Waals surface area contributed by atoms with Crippen LogP contribution in [-0.2, 0) is 25.6 Å². The van der Waals surface area contributed by atoms with Gasteiger partial charge in [0.25, 0.3) is 5.56 Å². The zero-order valence-corrected chi connectivity index (χ0v) is 16.9. The predicted molar refractivity (Wildman–Crippen MR) is 103 cm³/mol. The molecule has 0 saturated heterocycles. The second kappa shape index (κ2) is 9.61. The molecular weight excluding hydrogens is 370 g/mol. The van der Waals surface area contributed by atoms with Gasteiger partial charge in [0.2, 0.25) is 5.91 Å². The molecule has 2 heterocycles. The van der Waals surface area contributed by atoms with E-state index in [2.05, 4.69) is 4.98 Å². The minimum atomic E-state index is -0.466. The zero-order valence-electron chi connectivity index (χ0n) is 16.1. The van der Waals surface area contributed by atoms with E-state index in [4.69, 9.17) is 9.47 Å². The summed E-state index contributed by atoms with van der Waals surface area (Å²) in [5.41, 5.74) is 0.778. The lowest BCUT2D eigenvalue weighted by Crippen LogP contribution is -2.39. The van der Waals surface area contributed by atoms with Crippen molar-refractivity contribution in [3.8, 4) is 0 Å². The Bertz CT molecular complexity index is 874. The monoisotopic (exact) mass is 395 g/mol. The molecule has 0 fully saturated rings. The van der Waals surface area contributed by atoms with Crippen molar-refractivity contribution < 1.29 is 19.1 Å². The normalized spacial score (nSPS) is 11.0. The first-order chi connectivity index (χ1) is 12.9. The lowest BCUT2D eigenvalue weighted by atomic mass is 10.2. The number of carbonyl (C=O) groups excluding carboxylic acids is 2. The molecule has 0 aliphatic heterocycles. The van der Waals surface area contributed by atoms with Crippen molar-refractivity contribution in [3.63, 3.8) is 0 Å². The Morgan fingerprint density at radius 1 is 1.33 bits per heavy atom. The lowest BCUT2D eigenvalue weighted by Gasteiger charge is -2.21. The molecule has 0 aliphatic carbocycles. The molecule has 2 aromatic rings. The molecule has 9 heteroatoms. The smallest absolute Gasteiger partial charge is 0.325 e. The number of aromatic nitrogens is 2. The summed E-state index contributed by atoms with van der Waals surface area (Å²) in [6.07, 6.45) is 1.55. The van der Waals surface area contributed by atoms with E-state index in [1.165, 1.54) is 34.2 Å². The summed E-state index contributed by atoms with van der Waals surface area (Å²) in [6.45, 7) is 6.48. The van der Waals surface area contributed by atoms with Gasteiger partial charge in [-0.1, -0.05) is 0 Å². The summed E-state index contributed by atoms with van der Waals surface area (Å²) >= 11 is 1.49. The third-order valence-corrected chi connectivity index (χ3v) is 5.38. The SMILES string of the molecule is CCOC(=O)CN(CCOC)C(=O)CCn1cnc2sc(C)c(C)c2c1=O. The summed E-state index contributed by atoms with van der Waals surface area (Å²) in [7, 11) is 1.53. The quantitative estimate of drug-likeness (QED) is 0.598. The fraction of sp³-hybridized carbons (Fsp3) is 0.556. The fourth-order valence-corrected chi connectivity index (χ4v) is 3.65. The summed E-state index contributed by atoms with van der Waals surface area (Å²) in [6, 6.07) is 0. The standard InChI is InChI=1S/C18H25N3O5S/c1-5-26-15(23)10-20(8-9-25-4)14(22)6-7-21-11-19-17-16(18(21)24)12(2)13(3)27-17/h11H,5-10H2,1-4H3. The third kappa shape index (κ3) is 5.14. The van der Waals surface area contributed by atoms with Gasteiger partial charge in [0.1, 0.15) is 11.4 Å². The highest BCUT2D eigenvalue weighted by Crippen LogP contribution is 2.25. The van der Waals surface area contributed by atoms with Crippen molar-refractivity contribution in [2.45, 2.75) is 33.7 Å². The van der Waals surface area contributed by atoms with Crippen molar-refractivity contribution >= 4 is 33.4 Å². The van der Waals surface area contributed by atoms with Gasteiger partial charge in [-0.05, 0) is 26.3 Å². The Morgan fingerprint density at radius 3 is 2.74 bits per heavy atom. The number of hydrogen-bond acceptors (Lipinski definition) is 7. The Labute approximate surface area is 161 Å². The fourth-order valence-electron chi connectivity index (χ4n) is 2.66. The number of fused-ring (bicyclic) bond motifs is 1. The van der Waals surface area contributed by atoms with Gasteiger partial charge < -0.3 is 14.4 Å². The van der Waals surface area contributed by atoms with E-state index in [0.717, 1.165) is 10.4 Å². The van der Waals surface area contributed by atoms with E-state index in [9.17, 15) is 14.4 Å². The van der Waals surface area contributed by atoms with Crippen LogP contribution in [0.2, 0.25) is 0 Å². The van der Waals surface area contributed by atoms with Gasteiger partial charge in [0, 0.05) is 31.5 Å². The van der Waals surface area contributed by atoms with Crippen LogP contribution in [0.5, 0.6) is 0 Å². The first kappa shape index (κ1) is 21.0. The van der Waals surface area contributed by atoms with Gasteiger partial charge in [-0.25, -0.2) is 4.98 Å². The minimum Gasteiger partial charge on any atom is -0.465 e. The lowest BCUT2D eigenvalue weighted by molar-refractivity contribution is -0.149. The van der Waals surface area contributed by atoms with Crippen molar-refractivity contribution in [3.05, 3.63) is 27.1 Å². The zero-order chi connectivity index (χ0) is 20.0. The summed E-state index contributed by atoms with van der Waals surface area (Å²) in [4.78, 5) is 44.4. The molecule has 1 amide bonds. The van der Waals surface area contributed by atoms with Gasteiger partial charge in [-0.3, -0.25) is 19.0 Å². The number of esters is 1. The summed E-state index contributed by atoms with van der Waals surface area (Å²) in [5, 5.41) is 0.607. The average molecular weight is 395 g/mol. The molecular formula is C18H25N3O5S. The molecule has 0 radical (unpaired) electrons. The molecule has 2 aromatic heterocycles. The second-order valence-electron chi connectivity index (χ2n) is 6.07. The second-order valence-corrected chi connectivity index (χ2v) is 7.27. The van der Waals surface area contributed by atoms with E-state index < -0.39 is 5.97 Å². The first-order valence-electron chi connectivity index (χ1n) is 8.76. The van der Waals surface area contributed by atoms with E-state index in [1.807, 2.05) is 13.8 Å². The van der Waals surface area contributed by atoms with Crippen LogP contribution in [0.15, 0.2) is 11.1 Å². The van der Waals surface area contributed by atoms with Crippen LogP contribution in [0.3, 0.4) is 0 Å². The van der Waals surface area contributed by atoms with E-state index >= 15 is 0 Å². The minimum absolute atomic E-state index is 0.0817. The van der Waals surface area contributed by atoms with E-state index in [1.54, 1.807) is 6.92 Å². The number of ether oxygens (including phenoxy) is 2. The molecule has 8 nitrogen and oxygen atoms in total. The number of carbonyl (C=O) groups is 2. The largest absolute Gasteiger partial charge is 0.465 e. The highest BCUT2D eigenvalue weighted by atomic mass is 32.1. The number of rotatable bonds is 9. The molecule has 0 spiro atoms. The van der Waals surface area contributed by atoms with Crippen molar-refractivity contribution in [2.24, 2.45) is 0 Å². The van der Waals surface area contributed by atoms with Crippen LogP contribution in [0.4, 0.5) is 0 Å². The maximum absolute atomic E-state index is 12.7. The topological polar surface area (TPSA) is 90.7 Å². The van der Waals surface area contributed by atoms with Crippen LogP contribution in [0, 0.1) is 13.8 Å². The first-order valence-corrected chi connectivity index (χ1v) is 9.58. The highest BCUT2D eigenvalue weighted by molar-refractivity contribution is 7.18. The number of nitrogens with zero attached hydrogens (tertiary/aromatic N) is 3. The Kier molecular flexibility index (Phi) is 7.49. The van der Waals surface area contributed by atoms with Crippen molar-refractivity contribution in [1.29, 1.82) is 0 Å². The van der Waals surface area contributed by atoms with Gasteiger partial charge in [-0.15, -0.1) is 11.3 Å². The number of methoxy groups -OCH3 is 1. The highest BCUT2D eigenvalue weighted by Gasteiger charge is 2.18.